The largest absolute Gasteiger partial charge is 0.297 e. The Morgan fingerprint density at radius 3 is 2.72 bits per heavy atom. The highest BCUT2D eigenvalue weighted by Crippen LogP contribution is 2.54. The van der Waals surface area contributed by atoms with E-state index in [4.69, 9.17) is 11.6 Å². The zero-order chi connectivity index (χ0) is 20.1. The number of rotatable bonds is 4. The van der Waals surface area contributed by atoms with Gasteiger partial charge in [0.25, 0.3) is 5.91 Å². The van der Waals surface area contributed by atoms with Crippen molar-refractivity contribution in [3.05, 3.63) is 76.1 Å². The van der Waals surface area contributed by atoms with Gasteiger partial charge in [-0.2, -0.15) is 5.10 Å². The quantitative estimate of drug-likeness (QED) is 0.595. The van der Waals surface area contributed by atoms with Crippen LogP contribution in [0, 0.1) is 11.6 Å². The van der Waals surface area contributed by atoms with E-state index in [1.165, 1.54) is 16.8 Å². The molecule has 1 aromatic heterocycles. The van der Waals surface area contributed by atoms with Gasteiger partial charge >= 0.3 is 0 Å². The zero-order valence-electron chi connectivity index (χ0n) is 15.3. The molecule has 2 aromatic carbocycles. The van der Waals surface area contributed by atoms with Crippen molar-refractivity contribution in [2.45, 2.75) is 31.1 Å². The average Bonchev–Trinajstić information content (AvgIpc) is 3.40. The molecule has 2 bridgehead atoms. The lowest BCUT2D eigenvalue weighted by molar-refractivity contribution is 0.0956. The summed E-state index contributed by atoms with van der Waals surface area (Å²) in [4.78, 5) is 12.9. The molecule has 5 rings (SSSR count). The molecule has 29 heavy (non-hydrogen) atoms. The van der Waals surface area contributed by atoms with Gasteiger partial charge in [-0.1, -0.05) is 23.7 Å². The molecule has 3 aromatic rings. The normalized spacial score (nSPS) is 19.3. The number of benzene rings is 2. The number of nitrogens with one attached hydrogen (secondary N) is 2. The zero-order valence-corrected chi connectivity index (χ0v) is 16.0. The van der Waals surface area contributed by atoms with Crippen LogP contribution < -0.4 is 10.9 Å². The molecular weight excluding hydrogens is 398 g/mol. The van der Waals surface area contributed by atoms with E-state index in [0.717, 1.165) is 36.6 Å². The molecule has 2 aliphatic carbocycles. The smallest absolute Gasteiger partial charge is 0.290 e. The first-order valence-corrected chi connectivity index (χ1v) is 9.80. The van der Waals surface area contributed by atoms with Crippen LogP contribution in [-0.2, 0) is 0 Å². The summed E-state index contributed by atoms with van der Waals surface area (Å²) in [5.74, 6) is -1.33. The summed E-state index contributed by atoms with van der Waals surface area (Å²) < 4.78 is 29.3. The van der Waals surface area contributed by atoms with Gasteiger partial charge in [-0.3, -0.25) is 15.6 Å². The Labute approximate surface area is 170 Å². The number of carbonyl (C=O) groups excluding carboxylic acids is 1. The number of amides is 1. The fourth-order valence-electron chi connectivity index (χ4n) is 4.48. The minimum Gasteiger partial charge on any atom is -0.297 e. The number of anilines is 1. The first-order valence-electron chi connectivity index (χ1n) is 9.42. The third-order valence-electron chi connectivity index (χ3n) is 5.72. The van der Waals surface area contributed by atoms with Crippen molar-refractivity contribution in [2.24, 2.45) is 0 Å². The molecule has 5 nitrogen and oxygen atoms in total. The van der Waals surface area contributed by atoms with Crippen LogP contribution in [0.3, 0.4) is 0 Å². The Balaban J connectivity index is 1.52. The molecule has 0 unspecified atom stereocenters. The maximum atomic E-state index is 14.4. The Hall–Kier alpha value is -2.93. The molecule has 1 heterocycles. The second-order valence-corrected chi connectivity index (χ2v) is 7.83. The molecule has 0 spiro atoms. The second kappa shape index (κ2) is 6.84. The fraction of sp³-hybridized carbons (Fsp3) is 0.238. The van der Waals surface area contributed by atoms with Crippen LogP contribution in [0.5, 0.6) is 0 Å². The number of aromatic nitrogens is 2. The minimum atomic E-state index is -0.709. The van der Waals surface area contributed by atoms with Gasteiger partial charge in [0.1, 0.15) is 11.5 Å². The second-order valence-electron chi connectivity index (χ2n) is 7.42. The first-order chi connectivity index (χ1) is 14.0. The number of nitrogens with zero attached hydrogens (tertiary/aromatic N) is 2. The number of carbonyl (C=O) groups is 1. The number of fused-ring (bicyclic) bond motifs is 5. The van der Waals surface area contributed by atoms with E-state index in [0.29, 0.717) is 10.7 Å². The lowest BCUT2D eigenvalue weighted by Crippen LogP contribution is -2.30. The molecule has 2 aliphatic rings. The van der Waals surface area contributed by atoms with Gasteiger partial charge in [-0.25, -0.2) is 13.5 Å². The third-order valence-corrected chi connectivity index (χ3v) is 6.05. The topological polar surface area (TPSA) is 59.0 Å². The maximum absolute atomic E-state index is 14.4. The lowest BCUT2D eigenvalue weighted by Gasteiger charge is -2.14. The van der Waals surface area contributed by atoms with Gasteiger partial charge in [0.15, 0.2) is 11.5 Å². The summed E-state index contributed by atoms with van der Waals surface area (Å²) >= 11 is 6.11. The Kier molecular flexibility index (Phi) is 4.28. The fourth-order valence-corrected chi connectivity index (χ4v) is 4.66. The van der Waals surface area contributed by atoms with Crippen LogP contribution >= 0.6 is 11.6 Å². The van der Waals surface area contributed by atoms with Crippen LogP contribution in [0.25, 0.3) is 5.69 Å². The van der Waals surface area contributed by atoms with Crippen LogP contribution in [-0.4, -0.2) is 15.7 Å². The molecule has 0 saturated heterocycles. The van der Waals surface area contributed by atoms with Gasteiger partial charge in [0.2, 0.25) is 0 Å². The van der Waals surface area contributed by atoms with E-state index in [1.807, 2.05) is 0 Å². The van der Waals surface area contributed by atoms with Gasteiger partial charge in [-0.05, 0) is 49.4 Å². The minimum absolute atomic E-state index is 0.147. The van der Waals surface area contributed by atoms with Crippen LogP contribution in [0.4, 0.5) is 14.5 Å². The highest BCUT2D eigenvalue weighted by Gasteiger charge is 2.44. The molecule has 1 saturated carbocycles. The average molecular weight is 415 g/mol. The van der Waals surface area contributed by atoms with Crippen molar-refractivity contribution in [1.82, 2.24) is 15.2 Å². The van der Waals surface area contributed by atoms with Gasteiger partial charge in [0.05, 0.1) is 16.4 Å². The maximum Gasteiger partial charge on any atom is 0.290 e. The van der Waals surface area contributed by atoms with Crippen molar-refractivity contribution in [1.29, 1.82) is 0 Å². The van der Waals surface area contributed by atoms with Crippen molar-refractivity contribution in [2.75, 3.05) is 5.43 Å². The molecule has 0 radical (unpaired) electrons. The van der Waals surface area contributed by atoms with E-state index < -0.39 is 17.5 Å². The van der Waals surface area contributed by atoms with E-state index in [-0.39, 0.29) is 23.2 Å². The molecule has 8 heteroatoms. The number of halogens is 3. The van der Waals surface area contributed by atoms with Crippen LogP contribution in [0.15, 0.2) is 42.5 Å². The SMILES string of the molecule is O=C(NNc1ccccc1Cl)c1nn(-c2ccc(F)cc2F)c2c1[C@H]1CC[C@H]2C1. The van der Waals surface area contributed by atoms with Crippen LogP contribution in [0.2, 0.25) is 5.02 Å². The van der Waals surface area contributed by atoms with Gasteiger partial charge < -0.3 is 0 Å². The number of hydrogen-bond acceptors (Lipinski definition) is 3. The van der Waals surface area contributed by atoms with Crippen molar-refractivity contribution in [3.8, 4) is 5.69 Å². The molecule has 1 amide bonds. The van der Waals surface area contributed by atoms with E-state index in [9.17, 15) is 13.6 Å². The van der Waals surface area contributed by atoms with Crippen molar-refractivity contribution >= 4 is 23.2 Å². The van der Waals surface area contributed by atoms with Gasteiger partial charge in [0, 0.05) is 17.5 Å². The Morgan fingerprint density at radius 2 is 1.93 bits per heavy atom. The Morgan fingerprint density at radius 1 is 1.14 bits per heavy atom. The van der Waals surface area contributed by atoms with E-state index in [1.54, 1.807) is 24.3 Å². The molecule has 2 atom stereocenters. The lowest BCUT2D eigenvalue weighted by atomic mass is 9.95. The number of hydrazine groups is 1. The number of hydrogen-bond donors (Lipinski definition) is 2. The molecular formula is C21H17ClF2N4O. The summed E-state index contributed by atoms with van der Waals surface area (Å²) in [6.45, 7) is 0. The van der Waals surface area contributed by atoms with Crippen molar-refractivity contribution in [3.63, 3.8) is 0 Å². The predicted octanol–water partition coefficient (Wildman–Crippen LogP) is 4.93. The third kappa shape index (κ3) is 2.97. The molecule has 0 aliphatic heterocycles. The summed E-state index contributed by atoms with van der Waals surface area (Å²) in [6, 6.07) is 10.4. The first kappa shape index (κ1) is 18.1. The Bertz CT molecular complexity index is 1130. The van der Waals surface area contributed by atoms with Crippen molar-refractivity contribution < 1.29 is 13.6 Å². The van der Waals surface area contributed by atoms with Gasteiger partial charge in [-0.15, -0.1) is 0 Å². The predicted molar refractivity (Wildman–Crippen MR) is 105 cm³/mol. The number of para-hydroxylation sites is 1. The van der Waals surface area contributed by atoms with Crippen LogP contribution in [0.1, 0.15) is 52.8 Å². The summed E-state index contributed by atoms with van der Waals surface area (Å²) in [5.41, 5.74) is 8.13. The highest BCUT2D eigenvalue weighted by molar-refractivity contribution is 6.33. The molecule has 148 valence electrons. The highest BCUT2D eigenvalue weighted by atomic mass is 35.5. The van der Waals surface area contributed by atoms with E-state index >= 15 is 0 Å². The molecule has 1 fully saturated rings. The summed E-state index contributed by atoms with van der Waals surface area (Å²) in [6.07, 6.45) is 2.88. The standard InChI is InChI=1S/C21H17ClF2N4O/c22-14-3-1-2-4-16(14)25-26-21(29)19-18-11-5-6-12(9-11)20(18)28(27-19)17-8-7-13(23)10-15(17)24/h1-4,7-8,10-12,25H,5-6,9H2,(H,26,29)/t11-,12-/m0/s1. The van der Waals surface area contributed by atoms with E-state index in [2.05, 4.69) is 16.0 Å². The molecule has 2 N–H and O–H groups in total. The summed E-state index contributed by atoms with van der Waals surface area (Å²) in [7, 11) is 0. The summed E-state index contributed by atoms with van der Waals surface area (Å²) in [5, 5.41) is 4.91. The monoisotopic (exact) mass is 414 g/mol.